The second-order valence-corrected chi connectivity index (χ2v) is 9.12. The van der Waals surface area contributed by atoms with E-state index in [1.807, 2.05) is 35.2 Å². The molecule has 1 aliphatic rings. The monoisotopic (exact) mass is 463 g/mol. The molecule has 172 valence electrons. The topological polar surface area (TPSA) is 71.5 Å². The summed E-state index contributed by atoms with van der Waals surface area (Å²) in [6.45, 7) is 2.28. The van der Waals surface area contributed by atoms with Crippen molar-refractivity contribution >= 4 is 23.2 Å². The van der Waals surface area contributed by atoms with Gasteiger partial charge in [-0.1, -0.05) is 42.5 Å². The van der Waals surface area contributed by atoms with E-state index < -0.39 is 0 Å². The van der Waals surface area contributed by atoms with Crippen LogP contribution in [0.3, 0.4) is 0 Å². The Labute approximate surface area is 198 Å². The van der Waals surface area contributed by atoms with Crippen LogP contribution in [0.2, 0.25) is 0 Å². The minimum Gasteiger partial charge on any atom is -0.465 e. The standard InChI is InChI=1S/C26H29N3O3S/c1-32-26(31)21-9-7-19(8-10-21)17-27-15-13-22-11-12-25(30)29(22)16-14-24-28-23(18-33-24)20-5-3-2-4-6-20/h2-10,18,22,27H,11-17H2,1H3/t22-/m1/s1. The van der Waals surface area contributed by atoms with Gasteiger partial charge in [0.05, 0.1) is 23.4 Å². The van der Waals surface area contributed by atoms with Gasteiger partial charge >= 0.3 is 5.97 Å². The average Bonchev–Trinajstić information content (AvgIpc) is 3.47. The lowest BCUT2D eigenvalue weighted by Crippen LogP contribution is -2.36. The predicted octanol–water partition coefficient (Wildman–Crippen LogP) is 4.31. The fourth-order valence-electron chi connectivity index (χ4n) is 4.16. The van der Waals surface area contributed by atoms with Gasteiger partial charge < -0.3 is 15.0 Å². The van der Waals surface area contributed by atoms with Crippen LogP contribution in [-0.2, 0) is 22.5 Å². The first-order chi connectivity index (χ1) is 16.1. The van der Waals surface area contributed by atoms with Crippen LogP contribution in [0.25, 0.3) is 11.3 Å². The van der Waals surface area contributed by atoms with Crippen molar-refractivity contribution < 1.29 is 14.3 Å². The molecule has 0 aliphatic carbocycles. The lowest BCUT2D eigenvalue weighted by Gasteiger charge is -2.24. The molecule has 1 N–H and O–H groups in total. The molecule has 1 fully saturated rings. The molecular weight excluding hydrogens is 434 g/mol. The van der Waals surface area contributed by atoms with E-state index >= 15 is 0 Å². The third-order valence-corrected chi connectivity index (χ3v) is 6.91. The van der Waals surface area contributed by atoms with Crippen LogP contribution >= 0.6 is 11.3 Å². The van der Waals surface area contributed by atoms with E-state index in [2.05, 4.69) is 22.8 Å². The van der Waals surface area contributed by atoms with E-state index in [4.69, 9.17) is 9.72 Å². The molecule has 1 atom stereocenters. The number of esters is 1. The molecular formula is C26H29N3O3S. The van der Waals surface area contributed by atoms with Crippen molar-refractivity contribution in [2.75, 3.05) is 20.2 Å². The average molecular weight is 464 g/mol. The van der Waals surface area contributed by atoms with Crippen LogP contribution in [0, 0.1) is 0 Å². The zero-order valence-electron chi connectivity index (χ0n) is 18.8. The van der Waals surface area contributed by atoms with Gasteiger partial charge in [0.2, 0.25) is 5.91 Å². The number of thiazole rings is 1. The maximum absolute atomic E-state index is 12.4. The summed E-state index contributed by atoms with van der Waals surface area (Å²) in [5.41, 5.74) is 3.79. The molecule has 0 saturated carbocycles. The highest BCUT2D eigenvalue weighted by atomic mass is 32.1. The molecule has 4 rings (SSSR count). The summed E-state index contributed by atoms with van der Waals surface area (Å²) in [5, 5.41) is 6.62. The van der Waals surface area contributed by atoms with Crippen LogP contribution < -0.4 is 5.32 Å². The molecule has 0 spiro atoms. The molecule has 1 saturated heterocycles. The third kappa shape index (κ3) is 6.06. The Morgan fingerprint density at radius 3 is 2.73 bits per heavy atom. The summed E-state index contributed by atoms with van der Waals surface area (Å²) in [6.07, 6.45) is 3.27. The molecule has 3 aromatic rings. The molecule has 2 aromatic carbocycles. The van der Waals surface area contributed by atoms with Crippen molar-refractivity contribution in [2.45, 2.75) is 38.3 Å². The first-order valence-corrected chi connectivity index (χ1v) is 12.2. The molecule has 6 nitrogen and oxygen atoms in total. The zero-order chi connectivity index (χ0) is 23.0. The number of carbonyl (C=O) groups is 2. The molecule has 1 amide bonds. The second-order valence-electron chi connectivity index (χ2n) is 8.18. The highest BCUT2D eigenvalue weighted by Crippen LogP contribution is 2.24. The zero-order valence-corrected chi connectivity index (χ0v) is 19.6. The van der Waals surface area contributed by atoms with Gasteiger partial charge in [0.25, 0.3) is 0 Å². The normalized spacial score (nSPS) is 15.7. The number of benzene rings is 2. The Balaban J connectivity index is 1.23. The first kappa shape index (κ1) is 23.1. The van der Waals surface area contributed by atoms with Crippen LogP contribution in [0.4, 0.5) is 0 Å². The number of ether oxygens (including phenoxy) is 1. The van der Waals surface area contributed by atoms with Crippen molar-refractivity contribution in [3.05, 3.63) is 76.1 Å². The van der Waals surface area contributed by atoms with Gasteiger partial charge in [-0.25, -0.2) is 9.78 Å². The molecule has 0 bridgehead atoms. The number of likely N-dealkylation sites (tertiary alicyclic amines) is 1. The van der Waals surface area contributed by atoms with Crippen molar-refractivity contribution in [1.82, 2.24) is 15.2 Å². The number of nitrogens with one attached hydrogen (secondary N) is 1. The molecule has 7 heteroatoms. The largest absolute Gasteiger partial charge is 0.465 e. The maximum atomic E-state index is 12.4. The SMILES string of the molecule is COC(=O)c1ccc(CNCC[C@H]2CCC(=O)N2CCc2nc(-c3ccccc3)cs2)cc1. The van der Waals surface area contributed by atoms with E-state index in [1.54, 1.807) is 23.5 Å². The van der Waals surface area contributed by atoms with Gasteiger partial charge in [-0.05, 0) is 37.1 Å². The third-order valence-electron chi connectivity index (χ3n) is 6.00. The highest BCUT2D eigenvalue weighted by molar-refractivity contribution is 7.09. The van der Waals surface area contributed by atoms with Gasteiger partial charge in [0.15, 0.2) is 0 Å². The lowest BCUT2D eigenvalue weighted by atomic mass is 10.1. The Bertz CT molecular complexity index is 1070. The number of aromatic nitrogens is 1. The lowest BCUT2D eigenvalue weighted by molar-refractivity contribution is -0.129. The molecule has 33 heavy (non-hydrogen) atoms. The van der Waals surface area contributed by atoms with E-state index in [1.165, 1.54) is 7.11 Å². The van der Waals surface area contributed by atoms with E-state index in [9.17, 15) is 9.59 Å². The summed E-state index contributed by atoms with van der Waals surface area (Å²) in [6, 6.07) is 17.9. The van der Waals surface area contributed by atoms with Crippen LogP contribution in [-0.4, -0.2) is 48.0 Å². The Morgan fingerprint density at radius 1 is 1.18 bits per heavy atom. The van der Waals surface area contributed by atoms with Gasteiger partial charge in [-0.15, -0.1) is 11.3 Å². The number of rotatable bonds is 10. The number of methoxy groups -OCH3 is 1. The number of amides is 1. The number of hydrogen-bond donors (Lipinski definition) is 1. The molecule has 1 aliphatic heterocycles. The van der Waals surface area contributed by atoms with Crippen LogP contribution in [0.15, 0.2) is 60.0 Å². The van der Waals surface area contributed by atoms with Gasteiger partial charge in [-0.3, -0.25) is 4.79 Å². The van der Waals surface area contributed by atoms with E-state index in [0.29, 0.717) is 12.0 Å². The van der Waals surface area contributed by atoms with Gasteiger partial charge in [0.1, 0.15) is 0 Å². The second kappa shape index (κ2) is 11.2. The molecule has 1 aromatic heterocycles. The van der Waals surface area contributed by atoms with Crippen LogP contribution in [0.1, 0.15) is 40.2 Å². The summed E-state index contributed by atoms with van der Waals surface area (Å²) < 4.78 is 4.73. The summed E-state index contributed by atoms with van der Waals surface area (Å²) in [4.78, 5) is 30.8. The van der Waals surface area contributed by atoms with E-state index in [-0.39, 0.29) is 17.9 Å². The quantitative estimate of drug-likeness (QED) is 0.358. The Hall–Kier alpha value is -3.03. The number of hydrogen-bond acceptors (Lipinski definition) is 6. The highest BCUT2D eigenvalue weighted by Gasteiger charge is 2.30. The van der Waals surface area contributed by atoms with Crippen molar-refractivity contribution in [3.8, 4) is 11.3 Å². The van der Waals surface area contributed by atoms with Crippen molar-refractivity contribution in [2.24, 2.45) is 0 Å². The first-order valence-electron chi connectivity index (χ1n) is 11.3. The molecule has 2 heterocycles. The van der Waals surface area contributed by atoms with Gasteiger partial charge in [0, 0.05) is 42.9 Å². The fraction of sp³-hybridized carbons (Fsp3) is 0.346. The summed E-state index contributed by atoms with van der Waals surface area (Å²) >= 11 is 1.66. The van der Waals surface area contributed by atoms with E-state index in [0.717, 1.165) is 60.7 Å². The Kier molecular flexibility index (Phi) is 7.86. The minimum atomic E-state index is -0.325. The fourth-order valence-corrected chi connectivity index (χ4v) is 4.96. The smallest absolute Gasteiger partial charge is 0.337 e. The van der Waals surface area contributed by atoms with Crippen molar-refractivity contribution in [1.29, 1.82) is 0 Å². The number of carbonyl (C=O) groups excluding carboxylic acids is 2. The number of nitrogens with zero attached hydrogens (tertiary/aromatic N) is 2. The maximum Gasteiger partial charge on any atom is 0.337 e. The predicted molar refractivity (Wildman–Crippen MR) is 130 cm³/mol. The van der Waals surface area contributed by atoms with Gasteiger partial charge in [-0.2, -0.15) is 0 Å². The minimum absolute atomic E-state index is 0.248. The molecule has 0 unspecified atom stereocenters. The van der Waals surface area contributed by atoms with Crippen molar-refractivity contribution in [3.63, 3.8) is 0 Å². The molecule has 0 radical (unpaired) electrons. The Morgan fingerprint density at radius 2 is 1.97 bits per heavy atom. The summed E-state index contributed by atoms with van der Waals surface area (Å²) in [7, 11) is 1.38. The van der Waals surface area contributed by atoms with Crippen LogP contribution in [0.5, 0.6) is 0 Å². The summed E-state index contributed by atoms with van der Waals surface area (Å²) in [5.74, 6) is -0.0761.